The number of rotatable bonds is 3. The highest BCUT2D eigenvalue weighted by molar-refractivity contribution is 5.26. The largest absolute Gasteiger partial charge is 0.391 e. The highest BCUT2D eigenvalue weighted by atomic mass is 19.1. The lowest BCUT2D eigenvalue weighted by atomic mass is 10.1. The van der Waals surface area contributed by atoms with Crippen molar-refractivity contribution in [2.75, 3.05) is 19.5 Å². The summed E-state index contributed by atoms with van der Waals surface area (Å²) in [6.45, 7) is -0.860. The van der Waals surface area contributed by atoms with E-state index in [2.05, 4.69) is 4.98 Å². The minimum absolute atomic E-state index is 0.496. The van der Waals surface area contributed by atoms with E-state index in [9.17, 15) is 18.7 Å². The van der Waals surface area contributed by atoms with Crippen molar-refractivity contribution in [2.45, 2.75) is 24.3 Å². The van der Waals surface area contributed by atoms with E-state index in [1.165, 1.54) is 0 Å². The molecule has 8 nitrogen and oxygen atoms in total. The average Bonchev–Trinajstić information content (AvgIpc) is 2.68. The Morgan fingerprint density at radius 3 is 2.85 bits per heavy atom. The number of aromatic nitrogens is 2. The number of nitrogens with zero attached hydrogens (tertiary/aromatic N) is 2. The molecule has 2 heterocycles. The molecule has 0 unspecified atom stereocenters. The van der Waals surface area contributed by atoms with Crippen LogP contribution in [-0.2, 0) is 9.47 Å². The second kappa shape index (κ2) is 5.05. The monoisotopic (exact) mass is 293 g/mol. The Morgan fingerprint density at radius 1 is 1.70 bits per heavy atom. The molecule has 0 aromatic carbocycles. The van der Waals surface area contributed by atoms with Crippen molar-refractivity contribution in [1.29, 1.82) is 0 Å². The van der Waals surface area contributed by atoms with Gasteiger partial charge < -0.3 is 25.4 Å². The van der Waals surface area contributed by atoms with Crippen LogP contribution in [0.15, 0.2) is 11.0 Å². The molecule has 112 valence electrons. The molecule has 1 aliphatic rings. The Hall–Kier alpha value is -1.62. The van der Waals surface area contributed by atoms with E-state index in [1.807, 2.05) is 0 Å². The van der Waals surface area contributed by atoms with Crippen molar-refractivity contribution in [3.63, 3.8) is 0 Å². The zero-order valence-corrected chi connectivity index (χ0v) is 10.4. The summed E-state index contributed by atoms with van der Waals surface area (Å²) < 4.78 is 37.7. The molecular formula is C10H13F2N3O5. The van der Waals surface area contributed by atoms with Gasteiger partial charge in [0.15, 0.2) is 24.0 Å². The molecule has 0 bridgehead atoms. The fourth-order valence-electron chi connectivity index (χ4n) is 1.95. The third-order valence-electron chi connectivity index (χ3n) is 3.12. The predicted octanol–water partition coefficient (Wildman–Crippen LogP) is -1.47. The maximum atomic E-state index is 14.0. The smallest absolute Gasteiger partial charge is 0.351 e. The second-order valence-electron chi connectivity index (χ2n) is 4.24. The Kier molecular flexibility index (Phi) is 3.73. The van der Waals surface area contributed by atoms with Gasteiger partial charge in [-0.25, -0.2) is 13.6 Å². The summed E-state index contributed by atoms with van der Waals surface area (Å²) in [5, 5.41) is 18.9. The van der Waals surface area contributed by atoms with Crippen LogP contribution in [-0.4, -0.2) is 51.5 Å². The van der Waals surface area contributed by atoms with Crippen LogP contribution in [0, 0.1) is 5.82 Å². The summed E-state index contributed by atoms with van der Waals surface area (Å²) in [5.41, 5.74) is 4.05. The van der Waals surface area contributed by atoms with Crippen molar-refractivity contribution in [3.05, 3.63) is 22.5 Å². The van der Waals surface area contributed by atoms with E-state index in [-0.39, 0.29) is 0 Å². The summed E-state index contributed by atoms with van der Waals surface area (Å²) in [7, 11) is 1.08. The summed E-state index contributed by atoms with van der Waals surface area (Å²) in [6.07, 6.45) is -5.09. The lowest BCUT2D eigenvalue weighted by Crippen LogP contribution is -2.47. The first kappa shape index (κ1) is 14.8. The first-order chi connectivity index (χ1) is 9.36. The molecule has 20 heavy (non-hydrogen) atoms. The molecule has 4 N–H and O–H groups in total. The van der Waals surface area contributed by atoms with Gasteiger partial charge >= 0.3 is 5.69 Å². The van der Waals surface area contributed by atoms with Gasteiger partial charge in [-0.2, -0.15) is 4.98 Å². The van der Waals surface area contributed by atoms with Crippen LogP contribution in [0.3, 0.4) is 0 Å². The average molecular weight is 293 g/mol. The van der Waals surface area contributed by atoms with Gasteiger partial charge in [-0.1, -0.05) is 0 Å². The summed E-state index contributed by atoms with van der Waals surface area (Å²) in [4.78, 5) is 14.7. The van der Waals surface area contributed by atoms with Gasteiger partial charge in [0.05, 0.1) is 6.20 Å². The van der Waals surface area contributed by atoms with Gasteiger partial charge in [0, 0.05) is 7.11 Å². The van der Waals surface area contributed by atoms with Crippen molar-refractivity contribution >= 4 is 5.82 Å². The predicted molar refractivity (Wildman–Crippen MR) is 60.7 cm³/mol. The molecule has 1 fully saturated rings. The zero-order valence-electron chi connectivity index (χ0n) is 10.4. The van der Waals surface area contributed by atoms with Crippen LogP contribution in [0.5, 0.6) is 0 Å². The van der Waals surface area contributed by atoms with E-state index < -0.39 is 48.2 Å². The molecule has 0 spiro atoms. The molecule has 0 saturated carbocycles. The van der Waals surface area contributed by atoms with Crippen molar-refractivity contribution in [3.8, 4) is 0 Å². The van der Waals surface area contributed by atoms with Gasteiger partial charge in [0.2, 0.25) is 5.79 Å². The standard InChI is InChI=1S/C10H13F2N3O5/c1-19-10(3-16)6(17)5(12)8(20-10)15-2-4(11)7(13)14-9(15)18/h2,5-6,8,16-17H,3H2,1H3,(H2,13,14,18)/t5-,6-,8+,10+/m0/s1. The highest BCUT2D eigenvalue weighted by Crippen LogP contribution is 2.38. The Morgan fingerprint density at radius 2 is 2.35 bits per heavy atom. The fraction of sp³-hybridized carbons (Fsp3) is 0.600. The number of aliphatic hydroxyl groups excluding tert-OH is 2. The minimum Gasteiger partial charge on any atom is -0.391 e. The maximum absolute atomic E-state index is 14.0. The molecule has 1 saturated heterocycles. The fourth-order valence-corrected chi connectivity index (χ4v) is 1.95. The van der Waals surface area contributed by atoms with E-state index in [0.717, 1.165) is 7.11 Å². The van der Waals surface area contributed by atoms with Crippen molar-refractivity contribution in [1.82, 2.24) is 9.55 Å². The molecule has 0 amide bonds. The molecule has 1 aromatic heterocycles. The van der Waals surface area contributed by atoms with Crippen molar-refractivity contribution in [2.24, 2.45) is 0 Å². The van der Waals surface area contributed by atoms with Crippen LogP contribution < -0.4 is 11.4 Å². The summed E-state index contributed by atoms with van der Waals surface area (Å²) >= 11 is 0. The number of hydrogen-bond donors (Lipinski definition) is 3. The second-order valence-corrected chi connectivity index (χ2v) is 4.24. The number of methoxy groups -OCH3 is 1. The normalized spacial score (nSPS) is 33.5. The molecule has 2 rings (SSSR count). The summed E-state index contributed by atoms with van der Waals surface area (Å²) in [6, 6.07) is 0. The molecule has 10 heteroatoms. The van der Waals surface area contributed by atoms with Gasteiger partial charge in [0.25, 0.3) is 0 Å². The van der Waals surface area contributed by atoms with E-state index >= 15 is 0 Å². The molecule has 1 aromatic rings. The SMILES string of the molecule is CO[C@]1(CO)O[C@@H](n2cc(F)c(N)nc2=O)[C@@H](F)[C@@H]1O. The van der Waals surface area contributed by atoms with Crippen LogP contribution in [0.4, 0.5) is 14.6 Å². The first-order valence-corrected chi connectivity index (χ1v) is 5.56. The molecule has 1 aliphatic heterocycles. The van der Waals surface area contributed by atoms with E-state index in [4.69, 9.17) is 20.3 Å². The highest BCUT2D eigenvalue weighted by Gasteiger charge is 2.56. The van der Waals surface area contributed by atoms with Crippen LogP contribution in [0.2, 0.25) is 0 Å². The van der Waals surface area contributed by atoms with Crippen LogP contribution >= 0.6 is 0 Å². The topological polar surface area (TPSA) is 120 Å². The van der Waals surface area contributed by atoms with Crippen LogP contribution in [0.25, 0.3) is 0 Å². The molecule has 4 atom stereocenters. The number of anilines is 1. The van der Waals surface area contributed by atoms with E-state index in [1.54, 1.807) is 0 Å². The van der Waals surface area contributed by atoms with E-state index in [0.29, 0.717) is 10.8 Å². The number of alkyl halides is 1. The number of halogens is 2. The summed E-state index contributed by atoms with van der Waals surface area (Å²) in [5.74, 6) is -3.73. The van der Waals surface area contributed by atoms with Gasteiger partial charge in [-0.05, 0) is 0 Å². The number of hydrogen-bond acceptors (Lipinski definition) is 7. The number of nitrogen functional groups attached to an aromatic ring is 1. The Bertz CT molecular complexity index is 562. The van der Waals surface area contributed by atoms with Gasteiger partial charge in [0.1, 0.15) is 12.7 Å². The number of ether oxygens (including phenoxy) is 2. The molecule has 0 radical (unpaired) electrons. The lowest BCUT2D eigenvalue weighted by molar-refractivity contribution is -0.269. The molecule has 0 aliphatic carbocycles. The quantitative estimate of drug-likeness (QED) is 0.622. The van der Waals surface area contributed by atoms with Crippen LogP contribution in [0.1, 0.15) is 6.23 Å². The maximum Gasteiger partial charge on any atom is 0.351 e. The Balaban J connectivity index is 2.45. The first-order valence-electron chi connectivity index (χ1n) is 5.56. The minimum atomic E-state index is -2.13. The third kappa shape index (κ3) is 2.06. The Labute approximate surface area is 111 Å². The van der Waals surface area contributed by atoms with Crippen molar-refractivity contribution < 1.29 is 28.5 Å². The van der Waals surface area contributed by atoms with Gasteiger partial charge in [-0.3, -0.25) is 4.57 Å². The lowest BCUT2D eigenvalue weighted by Gasteiger charge is -2.27. The zero-order chi connectivity index (χ0) is 15.1. The van der Waals surface area contributed by atoms with Gasteiger partial charge in [-0.15, -0.1) is 0 Å². The number of aliphatic hydroxyl groups is 2. The number of nitrogens with two attached hydrogens (primary N) is 1. The third-order valence-corrected chi connectivity index (χ3v) is 3.12. The molecular weight excluding hydrogens is 280 g/mol.